The zero-order valence-electron chi connectivity index (χ0n) is 7.49. The first-order valence-corrected chi connectivity index (χ1v) is 5.06. The second-order valence-electron chi connectivity index (χ2n) is 3.38. The van der Waals surface area contributed by atoms with E-state index >= 15 is 0 Å². The molecule has 0 spiro atoms. The maximum atomic E-state index is 11.9. The van der Waals surface area contributed by atoms with Gasteiger partial charge >= 0.3 is 0 Å². The molecule has 70 valence electrons. The molecule has 0 aromatic carbocycles. The van der Waals surface area contributed by atoms with Gasteiger partial charge in [-0.25, -0.2) is 0 Å². The number of ketones is 1. The van der Waals surface area contributed by atoms with Gasteiger partial charge in [0.05, 0.1) is 15.9 Å². The topological polar surface area (TPSA) is 26.9 Å². The van der Waals surface area contributed by atoms with E-state index in [9.17, 15) is 4.79 Å². The molecule has 2 aromatic rings. The normalized spacial score (nSPS) is 13.1. The van der Waals surface area contributed by atoms with E-state index in [4.69, 9.17) is 0 Å². The Morgan fingerprint density at radius 1 is 1.43 bits per heavy atom. The van der Waals surface area contributed by atoms with Gasteiger partial charge in [0.1, 0.15) is 5.69 Å². The Hall–Kier alpha value is -1.29. The molecule has 0 atom stereocenters. The molecule has 3 nitrogen and oxygen atoms in total. The monoisotopic (exact) mass is 250 g/mol. The first-order chi connectivity index (χ1) is 6.70. The van der Waals surface area contributed by atoms with Crippen molar-refractivity contribution < 1.29 is 4.79 Å². The molecule has 0 radical (unpaired) electrons. The van der Waals surface area contributed by atoms with Crippen LogP contribution in [0.5, 0.6) is 0 Å². The first-order valence-electron chi connectivity index (χ1n) is 4.27. The van der Waals surface area contributed by atoms with Gasteiger partial charge in [0.25, 0.3) is 0 Å². The minimum Gasteiger partial charge on any atom is -0.345 e. The van der Waals surface area contributed by atoms with Crippen LogP contribution in [0.25, 0.3) is 5.69 Å². The number of hydrogen-bond donors (Lipinski definition) is 0. The van der Waals surface area contributed by atoms with Gasteiger partial charge in [-0.3, -0.25) is 4.79 Å². The van der Waals surface area contributed by atoms with E-state index in [0.29, 0.717) is 0 Å². The highest BCUT2D eigenvalue weighted by Crippen LogP contribution is 2.34. The van der Waals surface area contributed by atoms with E-state index in [-0.39, 0.29) is 5.78 Å². The highest BCUT2D eigenvalue weighted by atomic mass is 79.9. The van der Waals surface area contributed by atoms with Gasteiger partial charge in [0, 0.05) is 19.4 Å². The minimum atomic E-state index is 0.0956. The van der Waals surface area contributed by atoms with Crippen LogP contribution in [-0.4, -0.2) is 14.9 Å². The smallest absolute Gasteiger partial charge is 0.228 e. The third-order valence-corrected chi connectivity index (χ3v) is 3.13. The van der Waals surface area contributed by atoms with E-state index in [2.05, 4.69) is 15.9 Å². The van der Waals surface area contributed by atoms with Crippen molar-refractivity contribution in [3.05, 3.63) is 40.4 Å². The van der Waals surface area contributed by atoms with Crippen LogP contribution in [0.2, 0.25) is 0 Å². The summed E-state index contributed by atoms with van der Waals surface area (Å²) < 4.78 is 4.73. The van der Waals surface area contributed by atoms with Gasteiger partial charge in [-0.2, -0.15) is 0 Å². The second kappa shape index (κ2) is 2.39. The summed E-state index contributed by atoms with van der Waals surface area (Å²) in [6, 6.07) is 3.73. The molecule has 0 saturated heterocycles. The molecular weight excluding hydrogens is 244 g/mol. The summed E-state index contributed by atoms with van der Waals surface area (Å²) >= 11 is 3.46. The molecule has 1 aliphatic rings. The number of aromatic nitrogens is 2. The Labute approximate surface area is 89.1 Å². The molecule has 0 saturated carbocycles. The van der Waals surface area contributed by atoms with Crippen molar-refractivity contribution in [1.82, 2.24) is 9.13 Å². The summed E-state index contributed by atoms with van der Waals surface area (Å²) in [5.74, 6) is 0.0956. The Morgan fingerprint density at radius 2 is 2.21 bits per heavy atom. The summed E-state index contributed by atoms with van der Waals surface area (Å²) in [7, 11) is 1.88. The molecule has 14 heavy (non-hydrogen) atoms. The SMILES string of the molecule is Cn1cc(Br)c2c1C(=O)c1cccn1-2. The van der Waals surface area contributed by atoms with Gasteiger partial charge in [-0.05, 0) is 28.1 Å². The number of rotatable bonds is 0. The largest absolute Gasteiger partial charge is 0.345 e. The van der Waals surface area contributed by atoms with E-state index in [1.165, 1.54) is 0 Å². The number of hydrogen-bond acceptors (Lipinski definition) is 1. The van der Waals surface area contributed by atoms with E-state index in [1.54, 1.807) is 0 Å². The van der Waals surface area contributed by atoms with Crippen LogP contribution in [0, 0.1) is 0 Å². The standard InChI is InChI=1S/C10H7BrN2O/c1-12-5-6(11)8-9(12)10(14)7-3-2-4-13(7)8/h2-5H,1H3. The van der Waals surface area contributed by atoms with Crippen LogP contribution in [-0.2, 0) is 7.05 Å². The molecular formula is C10H7BrN2O. The lowest BCUT2D eigenvalue weighted by atomic mass is 10.2. The van der Waals surface area contributed by atoms with Crippen LogP contribution >= 0.6 is 15.9 Å². The van der Waals surface area contributed by atoms with E-state index in [0.717, 1.165) is 21.5 Å². The first kappa shape index (κ1) is 8.05. The lowest BCUT2D eigenvalue weighted by Crippen LogP contribution is -2.02. The fourth-order valence-electron chi connectivity index (χ4n) is 1.95. The molecule has 1 aliphatic heterocycles. The van der Waals surface area contributed by atoms with Crippen molar-refractivity contribution in [1.29, 1.82) is 0 Å². The lowest BCUT2D eigenvalue weighted by molar-refractivity contribution is 0.103. The minimum absolute atomic E-state index is 0.0956. The van der Waals surface area contributed by atoms with Crippen molar-refractivity contribution in [2.45, 2.75) is 0 Å². The van der Waals surface area contributed by atoms with Gasteiger partial charge in [0.2, 0.25) is 5.78 Å². The Morgan fingerprint density at radius 3 is 3.00 bits per heavy atom. The average Bonchev–Trinajstić information content (AvgIpc) is 2.72. The number of carbonyl (C=O) groups is 1. The summed E-state index contributed by atoms with van der Waals surface area (Å²) in [6.45, 7) is 0. The summed E-state index contributed by atoms with van der Waals surface area (Å²) in [5, 5.41) is 0. The van der Waals surface area contributed by atoms with Gasteiger partial charge in [0.15, 0.2) is 0 Å². The van der Waals surface area contributed by atoms with Crippen molar-refractivity contribution in [2.24, 2.45) is 7.05 Å². The van der Waals surface area contributed by atoms with E-state index in [1.807, 2.05) is 40.7 Å². The van der Waals surface area contributed by atoms with Crippen LogP contribution in [0.1, 0.15) is 16.2 Å². The predicted molar refractivity (Wildman–Crippen MR) is 55.9 cm³/mol. The maximum absolute atomic E-state index is 11.9. The maximum Gasteiger partial charge on any atom is 0.228 e. The van der Waals surface area contributed by atoms with Crippen molar-refractivity contribution in [3.63, 3.8) is 0 Å². The van der Waals surface area contributed by atoms with Crippen LogP contribution in [0.3, 0.4) is 0 Å². The zero-order valence-corrected chi connectivity index (χ0v) is 9.08. The molecule has 0 N–H and O–H groups in total. The van der Waals surface area contributed by atoms with Gasteiger partial charge in [-0.15, -0.1) is 0 Å². The van der Waals surface area contributed by atoms with Crippen molar-refractivity contribution in [3.8, 4) is 5.69 Å². The molecule has 0 bridgehead atoms. The quantitative estimate of drug-likeness (QED) is 0.601. The van der Waals surface area contributed by atoms with E-state index < -0.39 is 0 Å². The summed E-state index contributed by atoms with van der Waals surface area (Å²) in [6.07, 6.45) is 3.81. The Balaban J connectivity index is 2.47. The highest BCUT2D eigenvalue weighted by Gasteiger charge is 2.31. The third kappa shape index (κ3) is 0.749. The molecule has 3 rings (SSSR count). The van der Waals surface area contributed by atoms with Gasteiger partial charge in [-0.1, -0.05) is 0 Å². The Bertz CT molecular complexity index is 550. The van der Waals surface area contributed by atoms with Crippen molar-refractivity contribution in [2.75, 3.05) is 0 Å². The fourth-order valence-corrected chi connectivity index (χ4v) is 2.64. The van der Waals surface area contributed by atoms with Crippen molar-refractivity contribution >= 4 is 21.7 Å². The second-order valence-corrected chi connectivity index (χ2v) is 4.23. The number of aryl methyl sites for hydroxylation is 1. The molecule has 0 amide bonds. The van der Waals surface area contributed by atoms with Crippen LogP contribution < -0.4 is 0 Å². The molecule has 0 aliphatic carbocycles. The number of nitrogens with zero attached hydrogens (tertiary/aromatic N) is 2. The Kier molecular flexibility index (Phi) is 1.37. The molecule has 0 fully saturated rings. The molecule has 2 aromatic heterocycles. The average molecular weight is 251 g/mol. The molecule has 4 heteroatoms. The highest BCUT2D eigenvalue weighted by molar-refractivity contribution is 9.10. The lowest BCUT2D eigenvalue weighted by Gasteiger charge is -1.95. The fraction of sp³-hybridized carbons (Fsp3) is 0.100. The third-order valence-electron chi connectivity index (χ3n) is 2.55. The number of carbonyl (C=O) groups excluding carboxylic acids is 1. The number of fused-ring (bicyclic) bond motifs is 3. The summed E-state index contributed by atoms with van der Waals surface area (Å²) in [4.78, 5) is 11.9. The predicted octanol–water partition coefficient (Wildman–Crippen LogP) is 2.12. The number of halogens is 1. The summed E-state index contributed by atoms with van der Waals surface area (Å²) in [5.41, 5.74) is 2.46. The molecule has 0 unspecified atom stereocenters. The van der Waals surface area contributed by atoms with Gasteiger partial charge < -0.3 is 9.13 Å². The van der Waals surface area contributed by atoms with Crippen LogP contribution in [0.4, 0.5) is 0 Å². The molecule has 3 heterocycles. The zero-order chi connectivity index (χ0) is 9.87. The van der Waals surface area contributed by atoms with Crippen LogP contribution in [0.15, 0.2) is 29.0 Å².